The lowest BCUT2D eigenvalue weighted by atomic mass is 9.89. The zero-order valence-electron chi connectivity index (χ0n) is 10.0. The normalized spacial score (nSPS) is 15.7. The Morgan fingerprint density at radius 1 is 0.944 bits per heavy atom. The lowest BCUT2D eigenvalue weighted by Gasteiger charge is -2.28. The summed E-state index contributed by atoms with van der Waals surface area (Å²) >= 11 is 0. The summed E-state index contributed by atoms with van der Waals surface area (Å²) in [6, 6.07) is 9.71. The van der Waals surface area contributed by atoms with Crippen LogP contribution in [0.2, 0.25) is 0 Å². The molecule has 0 saturated carbocycles. The molecule has 18 heavy (non-hydrogen) atoms. The smallest absolute Gasteiger partial charge is 0.376 e. The van der Waals surface area contributed by atoms with Crippen molar-refractivity contribution in [1.29, 1.82) is 0 Å². The van der Waals surface area contributed by atoms with E-state index in [1.165, 1.54) is 12.1 Å². The van der Waals surface area contributed by atoms with Crippen molar-refractivity contribution in [1.82, 2.24) is 0 Å². The monoisotopic (exact) mass is 254 g/mol. The third-order valence-corrected chi connectivity index (χ3v) is 3.22. The van der Waals surface area contributed by atoms with Gasteiger partial charge in [0.15, 0.2) is 5.60 Å². The molecule has 0 saturated heterocycles. The Labute approximate surface area is 103 Å². The van der Waals surface area contributed by atoms with Gasteiger partial charge >= 0.3 is 6.18 Å². The second-order valence-corrected chi connectivity index (χ2v) is 4.55. The van der Waals surface area contributed by atoms with E-state index in [4.69, 9.17) is 0 Å². The standard InChI is InChI=1S/C14H13F3O/c1-9-5-3-7-11-10(9)6-4-8-12(11)13(2,18)14(15,16)17/h3-8,18H,1-2H3. The van der Waals surface area contributed by atoms with Crippen LogP contribution in [0.5, 0.6) is 0 Å². The van der Waals surface area contributed by atoms with E-state index in [1.807, 2.05) is 13.0 Å². The van der Waals surface area contributed by atoms with Crippen LogP contribution in [0, 0.1) is 6.92 Å². The number of hydrogen-bond donors (Lipinski definition) is 1. The number of fused-ring (bicyclic) bond motifs is 1. The van der Waals surface area contributed by atoms with E-state index in [0.717, 1.165) is 17.9 Å². The summed E-state index contributed by atoms with van der Waals surface area (Å²) in [6.07, 6.45) is -4.70. The predicted octanol–water partition coefficient (Wildman–Crippen LogP) is 3.92. The fourth-order valence-electron chi connectivity index (χ4n) is 2.04. The first kappa shape index (κ1) is 12.9. The van der Waals surface area contributed by atoms with Gasteiger partial charge in [-0.25, -0.2) is 0 Å². The van der Waals surface area contributed by atoms with E-state index in [9.17, 15) is 18.3 Å². The lowest BCUT2D eigenvalue weighted by molar-refractivity contribution is -0.258. The van der Waals surface area contributed by atoms with Crippen LogP contribution in [0.1, 0.15) is 18.1 Å². The van der Waals surface area contributed by atoms with Crippen LogP contribution in [-0.2, 0) is 5.60 Å². The second-order valence-electron chi connectivity index (χ2n) is 4.55. The number of rotatable bonds is 1. The summed E-state index contributed by atoms with van der Waals surface area (Å²) < 4.78 is 38.7. The molecule has 1 atom stereocenters. The molecule has 0 aliphatic rings. The van der Waals surface area contributed by atoms with Crippen LogP contribution in [0.25, 0.3) is 10.8 Å². The van der Waals surface area contributed by atoms with Crippen molar-refractivity contribution in [2.45, 2.75) is 25.6 Å². The number of aryl methyl sites for hydroxylation is 1. The lowest BCUT2D eigenvalue weighted by Crippen LogP contribution is -2.39. The Kier molecular flexibility index (Phi) is 2.86. The fourth-order valence-corrected chi connectivity index (χ4v) is 2.04. The first-order chi connectivity index (χ1) is 8.25. The van der Waals surface area contributed by atoms with Gasteiger partial charge < -0.3 is 5.11 Å². The van der Waals surface area contributed by atoms with Crippen LogP contribution >= 0.6 is 0 Å². The average molecular weight is 254 g/mol. The quantitative estimate of drug-likeness (QED) is 0.817. The predicted molar refractivity (Wildman–Crippen MR) is 64.3 cm³/mol. The summed E-state index contributed by atoms with van der Waals surface area (Å²) in [4.78, 5) is 0. The van der Waals surface area contributed by atoms with E-state index < -0.39 is 11.8 Å². The first-order valence-corrected chi connectivity index (χ1v) is 5.53. The third kappa shape index (κ3) is 1.86. The van der Waals surface area contributed by atoms with Crippen LogP contribution in [0.4, 0.5) is 13.2 Å². The van der Waals surface area contributed by atoms with Gasteiger partial charge in [-0.05, 0) is 30.2 Å². The highest BCUT2D eigenvalue weighted by molar-refractivity contribution is 5.89. The molecular weight excluding hydrogens is 241 g/mol. The molecule has 0 heterocycles. The maximum absolute atomic E-state index is 12.9. The van der Waals surface area contributed by atoms with Gasteiger partial charge in [-0.2, -0.15) is 13.2 Å². The molecule has 2 aromatic carbocycles. The SMILES string of the molecule is Cc1cccc2c(C(C)(O)C(F)(F)F)cccc12. The Morgan fingerprint density at radius 3 is 2.11 bits per heavy atom. The van der Waals surface area contributed by atoms with Crippen molar-refractivity contribution in [3.8, 4) is 0 Å². The number of hydrogen-bond acceptors (Lipinski definition) is 1. The number of alkyl halides is 3. The number of benzene rings is 2. The van der Waals surface area contributed by atoms with Crippen molar-refractivity contribution >= 4 is 10.8 Å². The van der Waals surface area contributed by atoms with E-state index in [-0.39, 0.29) is 5.56 Å². The van der Waals surface area contributed by atoms with Crippen LogP contribution < -0.4 is 0 Å². The van der Waals surface area contributed by atoms with Gasteiger partial charge in [0.25, 0.3) is 0 Å². The van der Waals surface area contributed by atoms with Crippen molar-refractivity contribution in [3.05, 3.63) is 47.5 Å². The van der Waals surface area contributed by atoms with E-state index in [2.05, 4.69) is 0 Å². The molecule has 1 N–H and O–H groups in total. The van der Waals surface area contributed by atoms with Gasteiger partial charge in [0.1, 0.15) is 0 Å². The highest BCUT2D eigenvalue weighted by Crippen LogP contribution is 2.41. The molecule has 0 aromatic heterocycles. The number of halogens is 3. The van der Waals surface area contributed by atoms with E-state index in [0.29, 0.717) is 5.39 Å². The zero-order valence-corrected chi connectivity index (χ0v) is 10.0. The van der Waals surface area contributed by atoms with E-state index >= 15 is 0 Å². The molecule has 0 radical (unpaired) electrons. The third-order valence-electron chi connectivity index (χ3n) is 3.22. The maximum atomic E-state index is 12.9. The van der Waals surface area contributed by atoms with Gasteiger partial charge in [-0.15, -0.1) is 0 Å². The Balaban J connectivity index is 2.77. The molecule has 0 fully saturated rings. The number of aliphatic hydroxyl groups is 1. The minimum atomic E-state index is -4.70. The minimum absolute atomic E-state index is 0.115. The molecule has 4 heteroatoms. The highest BCUT2D eigenvalue weighted by Gasteiger charge is 2.51. The Morgan fingerprint density at radius 2 is 1.50 bits per heavy atom. The molecule has 0 amide bonds. The molecule has 96 valence electrons. The van der Waals surface area contributed by atoms with Crippen LogP contribution in [0.15, 0.2) is 36.4 Å². The summed E-state index contributed by atoms with van der Waals surface area (Å²) in [5, 5.41) is 10.9. The summed E-state index contributed by atoms with van der Waals surface area (Å²) in [5.74, 6) is 0. The molecular formula is C14H13F3O. The average Bonchev–Trinajstić information content (AvgIpc) is 2.27. The van der Waals surface area contributed by atoms with Crippen molar-refractivity contribution < 1.29 is 18.3 Å². The van der Waals surface area contributed by atoms with Gasteiger partial charge in [0.2, 0.25) is 0 Å². The van der Waals surface area contributed by atoms with Crippen molar-refractivity contribution in [3.63, 3.8) is 0 Å². The summed E-state index contributed by atoms with van der Waals surface area (Å²) in [7, 11) is 0. The summed E-state index contributed by atoms with van der Waals surface area (Å²) in [5.41, 5.74) is -2.08. The molecule has 1 unspecified atom stereocenters. The fraction of sp³-hybridized carbons (Fsp3) is 0.286. The van der Waals surface area contributed by atoms with Crippen molar-refractivity contribution in [2.24, 2.45) is 0 Å². The van der Waals surface area contributed by atoms with E-state index in [1.54, 1.807) is 18.2 Å². The minimum Gasteiger partial charge on any atom is -0.376 e. The molecule has 1 nitrogen and oxygen atoms in total. The van der Waals surface area contributed by atoms with Gasteiger partial charge in [-0.3, -0.25) is 0 Å². The second kappa shape index (κ2) is 3.99. The molecule has 0 spiro atoms. The summed E-state index contributed by atoms with van der Waals surface area (Å²) in [6.45, 7) is 2.61. The largest absolute Gasteiger partial charge is 0.421 e. The maximum Gasteiger partial charge on any atom is 0.421 e. The van der Waals surface area contributed by atoms with Crippen molar-refractivity contribution in [2.75, 3.05) is 0 Å². The first-order valence-electron chi connectivity index (χ1n) is 5.53. The molecule has 2 aromatic rings. The Bertz CT molecular complexity index is 585. The van der Waals surface area contributed by atoms with Gasteiger partial charge in [-0.1, -0.05) is 36.4 Å². The zero-order chi connectivity index (χ0) is 13.6. The Hall–Kier alpha value is -1.55. The topological polar surface area (TPSA) is 20.2 Å². The van der Waals surface area contributed by atoms with Crippen LogP contribution in [-0.4, -0.2) is 11.3 Å². The molecule has 2 rings (SSSR count). The van der Waals surface area contributed by atoms with Gasteiger partial charge in [0, 0.05) is 5.56 Å². The van der Waals surface area contributed by atoms with Crippen LogP contribution in [0.3, 0.4) is 0 Å². The van der Waals surface area contributed by atoms with Gasteiger partial charge in [0.05, 0.1) is 0 Å². The highest BCUT2D eigenvalue weighted by atomic mass is 19.4. The molecule has 0 bridgehead atoms. The molecule has 0 aliphatic carbocycles. The molecule has 0 aliphatic heterocycles.